The lowest BCUT2D eigenvalue weighted by molar-refractivity contribution is -0.116. The van der Waals surface area contributed by atoms with E-state index in [-0.39, 0.29) is 36.1 Å². The quantitative estimate of drug-likeness (QED) is 0.585. The predicted molar refractivity (Wildman–Crippen MR) is 108 cm³/mol. The zero-order valence-electron chi connectivity index (χ0n) is 15.4. The van der Waals surface area contributed by atoms with E-state index in [1.165, 1.54) is 18.2 Å². The van der Waals surface area contributed by atoms with Gasteiger partial charge in [-0.25, -0.2) is 4.39 Å². The van der Waals surface area contributed by atoms with Crippen molar-refractivity contribution >= 4 is 35.7 Å². The zero-order chi connectivity index (χ0) is 19.8. The SMILES string of the molecule is CC(CC(=O)Nc1ccccc1C(=O)NCCN)C(=O)c1cccc(F)c1.Cl. The van der Waals surface area contributed by atoms with Crippen LogP contribution in [-0.2, 0) is 4.79 Å². The molecule has 150 valence electrons. The molecule has 0 heterocycles. The molecule has 6 nitrogen and oxygen atoms in total. The van der Waals surface area contributed by atoms with Crippen LogP contribution in [0.3, 0.4) is 0 Å². The van der Waals surface area contributed by atoms with Crippen LogP contribution >= 0.6 is 12.4 Å². The maximum Gasteiger partial charge on any atom is 0.253 e. The first-order valence-electron chi connectivity index (χ1n) is 8.59. The number of hydrogen-bond acceptors (Lipinski definition) is 4. The van der Waals surface area contributed by atoms with E-state index in [2.05, 4.69) is 10.6 Å². The molecular weight excluding hydrogens is 385 g/mol. The molecule has 1 unspecified atom stereocenters. The molecule has 2 aromatic carbocycles. The smallest absolute Gasteiger partial charge is 0.253 e. The van der Waals surface area contributed by atoms with E-state index in [1.807, 2.05) is 0 Å². The Hall–Kier alpha value is -2.77. The lowest BCUT2D eigenvalue weighted by atomic mass is 9.96. The number of anilines is 1. The third-order valence-corrected chi connectivity index (χ3v) is 3.92. The van der Waals surface area contributed by atoms with Crippen molar-refractivity contribution in [1.82, 2.24) is 5.32 Å². The maximum absolute atomic E-state index is 13.3. The van der Waals surface area contributed by atoms with Crippen LogP contribution in [0.4, 0.5) is 10.1 Å². The summed E-state index contributed by atoms with van der Waals surface area (Å²) in [6, 6.07) is 11.9. The van der Waals surface area contributed by atoms with Crippen LogP contribution in [0.25, 0.3) is 0 Å². The van der Waals surface area contributed by atoms with Gasteiger partial charge in [0.25, 0.3) is 5.91 Å². The van der Waals surface area contributed by atoms with Gasteiger partial charge in [-0.1, -0.05) is 31.2 Å². The highest BCUT2D eigenvalue weighted by molar-refractivity contribution is 6.05. The monoisotopic (exact) mass is 407 g/mol. The maximum atomic E-state index is 13.3. The minimum absolute atomic E-state index is 0. The highest BCUT2D eigenvalue weighted by Crippen LogP contribution is 2.18. The van der Waals surface area contributed by atoms with Crippen LogP contribution in [0.2, 0.25) is 0 Å². The second-order valence-corrected chi connectivity index (χ2v) is 6.12. The summed E-state index contributed by atoms with van der Waals surface area (Å²) in [5, 5.41) is 5.30. The summed E-state index contributed by atoms with van der Waals surface area (Å²) in [5.74, 6) is -2.22. The summed E-state index contributed by atoms with van der Waals surface area (Å²) in [7, 11) is 0. The third-order valence-electron chi connectivity index (χ3n) is 3.92. The van der Waals surface area contributed by atoms with Crippen molar-refractivity contribution in [2.75, 3.05) is 18.4 Å². The van der Waals surface area contributed by atoms with Gasteiger partial charge in [-0.2, -0.15) is 0 Å². The van der Waals surface area contributed by atoms with Crippen LogP contribution in [0.5, 0.6) is 0 Å². The molecule has 0 saturated heterocycles. The van der Waals surface area contributed by atoms with E-state index >= 15 is 0 Å². The van der Waals surface area contributed by atoms with Crippen LogP contribution in [-0.4, -0.2) is 30.7 Å². The van der Waals surface area contributed by atoms with Gasteiger partial charge in [0.2, 0.25) is 5.91 Å². The fraction of sp³-hybridized carbons (Fsp3) is 0.250. The van der Waals surface area contributed by atoms with Crippen molar-refractivity contribution in [1.29, 1.82) is 0 Å². The largest absolute Gasteiger partial charge is 0.351 e. The van der Waals surface area contributed by atoms with Crippen molar-refractivity contribution in [3.8, 4) is 0 Å². The van der Waals surface area contributed by atoms with Gasteiger partial charge >= 0.3 is 0 Å². The number of nitrogens with two attached hydrogens (primary N) is 1. The molecule has 2 aromatic rings. The number of halogens is 2. The third kappa shape index (κ3) is 6.44. The Morgan fingerprint density at radius 1 is 1.11 bits per heavy atom. The summed E-state index contributed by atoms with van der Waals surface area (Å²) in [4.78, 5) is 36.8. The van der Waals surface area contributed by atoms with Crippen LogP contribution < -0.4 is 16.4 Å². The number of hydrogen-bond donors (Lipinski definition) is 3. The van der Waals surface area contributed by atoms with Crippen LogP contribution in [0, 0.1) is 11.7 Å². The molecule has 0 radical (unpaired) electrons. The second kappa shape index (κ2) is 11.2. The van der Waals surface area contributed by atoms with E-state index in [4.69, 9.17) is 5.73 Å². The first-order valence-corrected chi connectivity index (χ1v) is 8.59. The molecule has 2 rings (SSSR count). The number of carbonyl (C=O) groups is 3. The molecule has 0 saturated carbocycles. The van der Waals surface area contributed by atoms with Crippen molar-refractivity contribution in [2.24, 2.45) is 11.7 Å². The van der Waals surface area contributed by atoms with Crippen molar-refractivity contribution in [3.63, 3.8) is 0 Å². The Labute approximate surface area is 169 Å². The number of benzene rings is 2. The Morgan fingerprint density at radius 2 is 1.82 bits per heavy atom. The number of ketones is 1. The molecule has 1 atom stereocenters. The Bertz CT molecular complexity index is 845. The van der Waals surface area contributed by atoms with E-state index in [9.17, 15) is 18.8 Å². The zero-order valence-corrected chi connectivity index (χ0v) is 16.2. The Morgan fingerprint density at radius 3 is 2.50 bits per heavy atom. The van der Waals surface area contributed by atoms with Gasteiger partial charge in [-0.3, -0.25) is 14.4 Å². The molecule has 0 fully saturated rings. The molecule has 0 aliphatic carbocycles. The first kappa shape index (κ1) is 23.3. The molecule has 0 aliphatic rings. The van der Waals surface area contributed by atoms with Crippen molar-refractivity contribution < 1.29 is 18.8 Å². The molecule has 8 heteroatoms. The predicted octanol–water partition coefficient (Wildman–Crippen LogP) is 2.78. The normalized spacial score (nSPS) is 11.1. The van der Waals surface area contributed by atoms with Crippen LogP contribution in [0.15, 0.2) is 48.5 Å². The van der Waals surface area contributed by atoms with Crippen molar-refractivity contribution in [3.05, 3.63) is 65.5 Å². The lowest BCUT2D eigenvalue weighted by Crippen LogP contribution is -2.30. The van der Waals surface area contributed by atoms with Gasteiger partial charge < -0.3 is 16.4 Å². The minimum atomic E-state index is -0.634. The average molecular weight is 408 g/mol. The minimum Gasteiger partial charge on any atom is -0.351 e. The highest BCUT2D eigenvalue weighted by atomic mass is 35.5. The molecule has 0 spiro atoms. The first-order chi connectivity index (χ1) is 12.9. The van der Waals surface area contributed by atoms with Gasteiger partial charge in [0.1, 0.15) is 5.82 Å². The summed E-state index contributed by atoms with van der Waals surface area (Å²) in [6.07, 6.45) is -0.0892. The van der Waals surface area contributed by atoms with Gasteiger partial charge in [-0.05, 0) is 24.3 Å². The van der Waals surface area contributed by atoms with Crippen LogP contribution in [0.1, 0.15) is 34.1 Å². The molecule has 0 aromatic heterocycles. The number of amides is 2. The number of rotatable bonds is 8. The van der Waals surface area contributed by atoms with Gasteiger partial charge in [-0.15, -0.1) is 12.4 Å². The summed E-state index contributed by atoms with van der Waals surface area (Å²) < 4.78 is 13.3. The lowest BCUT2D eigenvalue weighted by Gasteiger charge is -2.13. The number of para-hydroxylation sites is 1. The van der Waals surface area contributed by atoms with Gasteiger partial charge in [0, 0.05) is 31.0 Å². The molecule has 0 aliphatic heterocycles. The molecule has 2 amide bonds. The topological polar surface area (TPSA) is 101 Å². The number of Topliss-reactive ketones (excluding diaryl/α,β-unsaturated/α-hetero) is 1. The molecular formula is C20H23ClFN3O3. The van der Waals surface area contributed by atoms with E-state index in [1.54, 1.807) is 31.2 Å². The summed E-state index contributed by atoms with van der Waals surface area (Å²) in [5.41, 5.74) is 6.25. The number of carbonyl (C=O) groups excluding carboxylic acids is 3. The van der Waals surface area contributed by atoms with E-state index in [0.29, 0.717) is 24.3 Å². The fourth-order valence-corrected chi connectivity index (χ4v) is 2.57. The van der Waals surface area contributed by atoms with Crippen molar-refractivity contribution in [2.45, 2.75) is 13.3 Å². The highest BCUT2D eigenvalue weighted by Gasteiger charge is 2.20. The van der Waals surface area contributed by atoms with E-state index < -0.39 is 17.6 Å². The summed E-state index contributed by atoms with van der Waals surface area (Å²) >= 11 is 0. The summed E-state index contributed by atoms with van der Waals surface area (Å²) in [6.45, 7) is 2.23. The Kier molecular flexibility index (Phi) is 9.27. The molecule has 0 bridgehead atoms. The van der Waals surface area contributed by atoms with Gasteiger partial charge in [0.15, 0.2) is 5.78 Å². The molecule has 28 heavy (non-hydrogen) atoms. The number of nitrogens with one attached hydrogen (secondary N) is 2. The fourth-order valence-electron chi connectivity index (χ4n) is 2.57. The second-order valence-electron chi connectivity index (χ2n) is 6.12. The molecule has 4 N–H and O–H groups in total. The standard InChI is InChI=1S/C20H22FN3O3.ClH/c1-13(19(26)14-5-4-6-15(21)12-14)11-18(25)24-17-8-3-2-7-16(17)20(27)23-10-9-22;/h2-8,12-13H,9-11,22H2,1H3,(H,23,27)(H,24,25);1H. The average Bonchev–Trinajstić information content (AvgIpc) is 2.65. The van der Waals surface area contributed by atoms with Gasteiger partial charge in [0.05, 0.1) is 11.3 Å². The van der Waals surface area contributed by atoms with E-state index in [0.717, 1.165) is 6.07 Å². The Balaban J connectivity index is 0.00000392.